The summed E-state index contributed by atoms with van der Waals surface area (Å²) < 4.78 is 13.0. The van der Waals surface area contributed by atoms with Crippen molar-refractivity contribution in [1.82, 2.24) is 0 Å². The van der Waals surface area contributed by atoms with Crippen LogP contribution in [0.3, 0.4) is 0 Å². The molecule has 4 rings (SSSR count). The molecule has 2 aromatic carbocycles. The molecule has 0 aliphatic carbocycles. The molecule has 144 valence electrons. The van der Waals surface area contributed by atoms with Gasteiger partial charge in [0.1, 0.15) is 22.7 Å². The molecule has 2 aromatic rings. The van der Waals surface area contributed by atoms with Crippen LogP contribution >= 0.6 is 0 Å². The summed E-state index contributed by atoms with van der Waals surface area (Å²) >= 11 is 0. The van der Waals surface area contributed by atoms with Gasteiger partial charge >= 0.3 is 0 Å². The maximum atomic E-state index is 9.76. The zero-order valence-electron chi connectivity index (χ0n) is 15.7. The lowest BCUT2D eigenvalue weighted by Crippen LogP contribution is -2.52. The van der Waals surface area contributed by atoms with E-state index >= 15 is 0 Å². The molecule has 2 aliphatic heterocycles. The van der Waals surface area contributed by atoms with Crippen molar-refractivity contribution in [3.8, 4) is 11.5 Å². The largest absolute Gasteiger partial charge is 0.487 e. The van der Waals surface area contributed by atoms with E-state index in [0.717, 1.165) is 37.2 Å². The molecule has 0 fully saturated rings. The number of hydrogen-bond acceptors (Lipinski definition) is 4. The van der Waals surface area contributed by atoms with Crippen molar-refractivity contribution in [1.29, 1.82) is 0 Å². The van der Waals surface area contributed by atoms with Crippen molar-refractivity contribution in [3.05, 3.63) is 59.7 Å². The number of aryl methyl sites for hydroxylation is 2. The molecule has 0 bridgehead atoms. The lowest BCUT2D eigenvalue weighted by molar-refractivity contribution is -0.0731. The summed E-state index contributed by atoms with van der Waals surface area (Å²) in [5.41, 5.74) is 1.50. The van der Waals surface area contributed by atoms with E-state index in [9.17, 15) is 10.2 Å². The summed E-state index contributed by atoms with van der Waals surface area (Å²) in [6.45, 7) is 0.155. The Morgan fingerprint density at radius 3 is 1.59 bits per heavy atom. The highest BCUT2D eigenvalue weighted by Gasteiger charge is 2.47. The number of aliphatic hydroxyl groups is 2. The fourth-order valence-corrected chi connectivity index (χ4v) is 4.69. The third kappa shape index (κ3) is 3.69. The molecule has 0 amide bonds. The Hall–Kier alpha value is -2.04. The van der Waals surface area contributed by atoms with Gasteiger partial charge in [0.2, 0.25) is 0 Å². The van der Waals surface area contributed by atoms with Gasteiger partial charge in [0, 0.05) is 32.5 Å². The van der Waals surface area contributed by atoms with Gasteiger partial charge in [0.25, 0.3) is 0 Å². The van der Waals surface area contributed by atoms with Crippen LogP contribution in [0.4, 0.5) is 0 Å². The van der Waals surface area contributed by atoms with E-state index < -0.39 is 11.2 Å². The van der Waals surface area contributed by atoms with Crippen LogP contribution in [0.1, 0.15) is 43.2 Å². The predicted molar refractivity (Wildman–Crippen MR) is 104 cm³/mol. The highest BCUT2D eigenvalue weighted by molar-refractivity contribution is 5.38. The van der Waals surface area contributed by atoms with E-state index in [2.05, 4.69) is 12.1 Å². The van der Waals surface area contributed by atoms with Crippen LogP contribution in [-0.2, 0) is 12.8 Å². The number of aliphatic hydroxyl groups excluding tert-OH is 2. The van der Waals surface area contributed by atoms with Gasteiger partial charge in [-0.2, -0.15) is 0 Å². The first-order valence-electron chi connectivity index (χ1n) is 9.93. The first kappa shape index (κ1) is 18.3. The van der Waals surface area contributed by atoms with E-state index in [1.54, 1.807) is 0 Å². The molecule has 4 nitrogen and oxygen atoms in total. The Balaban J connectivity index is 1.63. The Kier molecular flexibility index (Phi) is 5.11. The predicted octanol–water partition coefficient (Wildman–Crippen LogP) is 3.67. The molecule has 0 radical (unpaired) electrons. The molecule has 2 heterocycles. The lowest BCUT2D eigenvalue weighted by Gasteiger charge is -2.47. The summed E-state index contributed by atoms with van der Waals surface area (Å²) in [5.74, 6) is 1.82. The third-order valence-corrected chi connectivity index (χ3v) is 6.08. The molecule has 27 heavy (non-hydrogen) atoms. The van der Waals surface area contributed by atoms with Crippen molar-refractivity contribution >= 4 is 0 Å². The molecule has 0 spiro atoms. The number of para-hydroxylation sites is 2. The SMILES string of the molecule is OCCC1(CC2(CCO)CCc3ccccc3O2)CCc2ccccc2O1. The summed E-state index contributed by atoms with van der Waals surface area (Å²) in [4.78, 5) is 0. The van der Waals surface area contributed by atoms with Crippen LogP contribution in [0.2, 0.25) is 0 Å². The number of hydrogen-bond donors (Lipinski definition) is 2. The highest BCUT2D eigenvalue weighted by atomic mass is 16.5. The molecule has 2 N–H and O–H groups in total. The van der Waals surface area contributed by atoms with Crippen molar-refractivity contribution in [2.75, 3.05) is 13.2 Å². The molecule has 0 saturated carbocycles. The van der Waals surface area contributed by atoms with Gasteiger partial charge in [0.05, 0.1) is 0 Å². The van der Waals surface area contributed by atoms with Gasteiger partial charge in [0.15, 0.2) is 0 Å². The minimum Gasteiger partial charge on any atom is -0.487 e. The van der Waals surface area contributed by atoms with Gasteiger partial charge in [-0.3, -0.25) is 0 Å². The van der Waals surface area contributed by atoms with E-state index in [1.807, 2.05) is 36.4 Å². The average Bonchev–Trinajstić information content (AvgIpc) is 2.68. The summed E-state index contributed by atoms with van der Waals surface area (Å²) in [7, 11) is 0. The number of fused-ring (bicyclic) bond motifs is 2. The van der Waals surface area contributed by atoms with Gasteiger partial charge in [-0.25, -0.2) is 0 Å². The van der Waals surface area contributed by atoms with Crippen LogP contribution in [-0.4, -0.2) is 34.6 Å². The fraction of sp³-hybridized carbons (Fsp3) is 0.478. The second-order valence-electron chi connectivity index (χ2n) is 7.91. The molecule has 2 aliphatic rings. The van der Waals surface area contributed by atoms with Crippen molar-refractivity contribution in [3.63, 3.8) is 0 Å². The Morgan fingerprint density at radius 1 is 0.704 bits per heavy atom. The van der Waals surface area contributed by atoms with E-state index in [4.69, 9.17) is 9.47 Å². The molecular weight excluding hydrogens is 340 g/mol. The van der Waals surface area contributed by atoms with E-state index in [0.29, 0.717) is 19.3 Å². The minimum absolute atomic E-state index is 0.0773. The van der Waals surface area contributed by atoms with E-state index in [1.165, 1.54) is 11.1 Å². The van der Waals surface area contributed by atoms with Crippen LogP contribution < -0.4 is 9.47 Å². The normalized spacial score (nSPS) is 26.4. The molecule has 0 saturated heterocycles. The highest BCUT2D eigenvalue weighted by Crippen LogP contribution is 2.45. The molecule has 4 heteroatoms. The minimum atomic E-state index is -0.468. The Labute approximate surface area is 160 Å². The maximum Gasteiger partial charge on any atom is 0.123 e. The summed E-state index contributed by atoms with van der Waals surface area (Å²) in [6.07, 6.45) is 5.37. The average molecular weight is 368 g/mol. The monoisotopic (exact) mass is 368 g/mol. The quantitative estimate of drug-likeness (QED) is 0.817. The van der Waals surface area contributed by atoms with Crippen LogP contribution in [0.25, 0.3) is 0 Å². The van der Waals surface area contributed by atoms with Crippen LogP contribution in [0, 0.1) is 0 Å². The molecular formula is C23H28O4. The second kappa shape index (κ2) is 7.53. The van der Waals surface area contributed by atoms with Crippen LogP contribution in [0.15, 0.2) is 48.5 Å². The third-order valence-electron chi connectivity index (χ3n) is 6.08. The van der Waals surface area contributed by atoms with E-state index in [-0.39, 0.29) is 13.2 Å². The van der Waals surface area contributed by atoms with Crippen molar-refractivity contribution in [2.45, 2.75) is 56.1 Å². The molecule has 2 atom stereocenters. The molecule has 2 unspecified atom stereocenters. The van der Waals surface area contributed by atoms with Gasteiger partial charge in [-0.15, -0.1) is 0 Å². The molecule has 0 aromatic heterocycles. The number of benzene rings is 2. The standard InChI is InChI=1S/C23H28O4/c24-15-13-22(11-9-18-5-1-3-7-20(18)26-22)17-23(14-16-25)12-10-19-6-2-4-8-21(19)27-23/h1-8,24-25H,9-17H2. The summed E-state index contributed by atoms with van der Waals surface area (Å²) in [6, 6.07) is 16.3. The zero-order valence-corrected chi connectivity index (χ0v) is 15.7. The van der Waals surface area contributed by atoms with Gasteiger partial charge in [-0.1, -0.05) is 36.4 Å². The van der Waals surface area contributed by atoms with Crippen molar-refractivity contribution in [2.24, 2.45) is 0 Å². The van der Waals surface area contributed by atoms with Crippen LogP contribution in [0.5, 0.6) is 11.5 Å². The van der Waals surface area contributed by atoms with Gasteiger partial charge in [-0.05, 0) is 48.9 Å². The summed E-state index contributed by atoms with van der Waals surface area (Å²) in [5, 5.41) is 19.5. The topological polar surface area (TPSA) is 58.9 Å². The zero-order chi connectivity index (χ0) is 18.7. The smallest absolute Gasteiger partial charge is 0.123 e. The van der Waals surface area contributed by atoms with Crippen molar-refractivity contribution < 1.29 is 19.7 Å². The first-order chi connectivity index (χ1) is 13.2. The Morgan fingerprint density at radius 2 is 1.15 bits per heavy atom. The maximum absolute atomic E-state index is 9.76. The lowest BCUT2D eigenvalue weighted by atomic mass is 9.75. The second-order valence-corrected chi connectivity index (χ2v) is 7.91. The Bertz CT molecular complexity index is 724. The first-order valence-corrected chi connectivity index (χ1v) is 9.93. The number of rotatable bonds is 6. The van der Waals surface area contributed by atoms with Gasteiger partial charge < -0.3 is 19.7 Å². The fourth-order valence-electron chi connectivity index (χ4n) is 4.69. The number of ether oxygens (including phenoxy) is 2.